The fourth-order valence-electron chi connectivity index (χ4n) is 3.87. The van der Waals surface area contributed by atoms with Crippen LogP contribution in [-0.4, -0.2) is 52.5 Å². The van der Waals surface area contributed by atoms with Crippen molar-refractivity contribution in [3.8, 4) is 11.8 Å². The molecule has 0 fully saturated rings. The van der Waals surface area contributed by atoms with Gasteiger partial charge in [0.25, 0.3) is 0 Å². The molecular weight excluding hydrogens is 448 g/mol. The molecule has 182 valence electrons. The number of ether oxygens (including phenoxy) is 2. The molecule has 10 heteroatoms. The Morgan fingerprint density at radius 3 is 2.83 bits per heavy atom. The maximum absolute atomic E-state index is 11.4. The number of methoxy groups -OCH3 is 1. The molecule has 0 spiro atoms. The molecule has 4 rings (SSSR count). The van der Waals surface area contributed by atoms with Gasteiger partial charge in [0, 0.05) is 43.2 Å². The summed E-state index contributed by atoms with van der Waals surface area (Å²) in [6.07, 6.45) is 5.30. The van der Waals surface area contributed by atoms with Crippen molar-refractivity contribution in [2.45, 2.75) is 31.7 Å². The molecule has 1 atom stereocenters. The predicted octanol–water partition coefficient (Wildman–Crippen LogP) is 3.49. The van der Waals surface area contributed by atoms with E-state index in [0.717, 1.165) is 37.1 Å². The molecular formula is C25H28N6O4. The SMILES string of the molecule is COc1ccc(C(CC(=O)O)Nc2ccc(OCCc3ccc4c(n3)NCCC4)nc2C=N)cn1. The van der Waals surface area contributed by atoms with Crippen molar-refractivity contribution >= 4 is 23.7 Å². The van der Waals surface area contributed by atoms with E-state index in [4.69, 9.17) is 14.9 Å². The first-order valence-electron chi connectivity index (χ1n) is 11.4. The number of aliphatic carboxylic acids is 1. The Morgan fingerprint density at radius 2 is 2.09 bits per heavy atom. The Kier molecular flexibility index (Phi) is 7.71. The second-order valence-corrected chi connectivity index (χ2v) is 8.09. The average Bonchev–Trinajstić information content (AvgIpc) is 2.88. The Morgan fingerprint density at radius 1 is 1.23 bits per heavy atom. The Bertz CT molecular complexity index is 1190. The monoisotopic (exact) mass is 476 g/mol. The molecule has 3 aromatic heterocycles. The third kappa shape index (κ3) is 6.23. The van der Waals surface area contributed by atoms with E-state index in [1.54, 1.807) is 30.5 Å². The summed E-state index contributed by atoms with van der Waals surface area (Å²) < 4.78 is 10.9. The van der Waals surface area contributed by atoms with Crippen LogP contribution in [0.3, 0.4) is 0 Å². The topological polar surface area (TPSA) is 142 Å². The average molecular weight is 477 g/mol. The highest BCUT2D eigenvalue weighted by Gasteiger charge is 2.18. The van der Waals surface area contributed by atoms with E-state index in [9.17, 15) is 9.90 Å². The number of rotatable bonds is 11. The van der Waals surface area contributed by atoms with E-state index in [1.165, 1.54) is 12.7 Å². The summed E-state index contributed by atoms with van der Waals surface area (Å²) in [6.45, 7) is 1.33. The molecule has 10 nitrogen and oxygen atoms in total. The van der Waals surface area contributed by atoms with Crippen LogP contribution >= 0.6 is 0 Å². The minimum Gasteiger partial charge on any atom is -0.481 e. The fourth-order valence-corrected chi connectivity index (χ4v) is 3.87. The largest absolute Gasteiger partial charge is 0.481 e. The van der Waals surface area contributed by atoms with E-state index in [2.05, 4.69) is 31.7 Å². The molecule has 1 unspecified atom stereocenters. The zero-order chi connectivity index (χ0) is 24.6. The summed E-state index contributed by atoms with van der Waals surface area (Å²) in [5, 5.41) is 23.7. The van der Waals surface area contributed by atoms with Crippen molar-refractivity contribution in [3.05, 3.63) is 65.1 Å². The van der Waals surface area contributed by atoms with E-state index in [0.29, 0.717) is 41.7 Å². The van der Waals surface area contributed by atoms with Crippen molar-refractivity contribution < 1.29 is 19.4 Å². The summed E-state index contributed by atoms with van der Waals surface area (Å²) >= 11 is 0. The van der Waals surface area contributed by atoms with E-state index < -0.39 is 12.0 Å². The van der Waals surface area contributed by atoms with Gasteiger partial charge >= 0.3 is 5.97 Å². The van der Waals surface area contributed by atoms with E-state index in [-0.39, 0.29) is 6.42 Å². The summed E-state index contributed by atoms with van der Waals surface area (Å²) in [5.74, 6) is 0.809. The van der Waals surface area contributed by atoms with Gasteiger partial charge in [-0.2, -0.15) is 0 Å². The number of carboxylic acids is 1. The van der Waals surface area contributed by atoms with Crippen LogP contribution in [0.4, 0.5) is 11.5 Å². The molecule has 4 N–H and O–H groups in total. The van der Waals surface area contributed by atoms with Crippen LogP contribution in [0.15, 0.2) is 42.6 Å². The van der Waals surface area contributed by atoms with Crippen molar-refractivity contribution in [1.82, 2.24) is 15.0 Å². The zero-order valence-corrected chi connectivity index (χ0v) is 19.5. The molecule has 35 heavy (non-hydrogen) atoms. The standard InChI is InChI=1S/C25H28N6O4/c1-34-22-8-5-17(15-28-22)20(13-24(32)33)30-19-7-9-23(31-21(19)14-26)35-12-10-18-6-4-16-3-2-11-27-25(16)29-18/h4-9,14-15,20,26,30H,2-3,10-13H2,1H3,(H,27,29)(H,32,33). The molecule has 4 heterocycles. The van der Waals surface area contributed by atoms with Gasteiger partial charge in [-0.05, 0) is 36.1 Å². The molecule has 3 aromatic rings. The molecule has 0 amide bonds. The number of fused-ring (bicyclic) bond motifs is 1. The lowest BCUT2D eigenvalue weighted by atomic mass is 10.1. The number of hydrogen-bond donors (Lipinski definition) is 4. The molecule has 1 aliphatic rings. The number of aromatic nitrogens is 3. The van der Waals surface area contributed by atoms with Gasteiger partial charge in [-0.15, -0.1) is 0 Å². The first kappa shape index (κ1) is 23.9. The third-order valence-electron chi connectivity index (χ3n) is 5.68. The summed E-state index contributed by atoms with van der Waals surface area (Å²) in [5.41, 5.74) is 3.73. The normalized spacial score (nSPS) is 13.2. The van der Waals surface area contributed by atoms with Crippen molar-refractivity contribution in [1.29, 1.82) is 5.41 Å². The number of anilines is 2. The minimum atomic E-state index is -0.964. The van der Waals surface area contributed by atoms with Gasteiger partial charge in [0.2, 0.25) is 11.8 Å². The van der Waals surface area contributed by atoms with Crippen LogP contribution < -0.4 is 20.1 Å². The second kappa shape index (κ2) is 11.3. The lowest BCUT2D eigenvalue weighted by Gasteiger charge is -2.20. The Hall–Kier alpha value is -4.21. The molecule has 0 saturated carbocycles. The molecule has 1 aliphatic heterocycles. The van der Waals surface area contributed by atoms with Crippen LogP contribution in [0, 0.1) is 5.41 Å². The van der Waals surface area contributed by atoms with E-state index in [1.807, 2.05) is 6.07 Å². The van der Waals surface area contributed by atoms with Gasteiger partial charge in [-0.3, -0.25) is 4.79 Å². The summed E-state index contributed by atoms with van der Waals surface area (Å²) in [4.78, 5) is 24.7. The van der Waals surface area contributed by atoms with Gasteiger partial charge in [-0.25, -0.2) is 15.0 Å². The number of aryl methyl sites for hydroxylation is 1. The van der Waals surface area contributed by atoms with Crippen molar-refractivity contribution in [3.63, 3.8) is 0 Å². The fraction of sp³-hybridized carbons (Fsp3) is 0.320. The number of nitrogens with zero attached hydrogens (tertiary/aromatic N) is 3. The first-order valence-corrected chi connectivity index (χ1v) is 11.4. The number of hydrogen-bond acceptors (Lipinski definition) is 9. The zero-order valence-electron chi connectivity index (χ0n) is 19.5. The van der Waals surface area contributed by atoms with Gasteiger partial charge in [0.1, 0.15) is 11.5 Å². The van der Waals surface area contributed by atoms with Crippen molar-refractivity contribution in [2.75, 3.05) is 30.9 Å². The highest BCUT2D eigenvalue weighted by Crippen LogP contribution is 2.26. The maximum atomic E-state index is 11.4. The smallest absolute Gasteiger partial charge is 0.305 e. The number of nitrogens with one attached hydrogen (secondary N) is 3. The maximum Gasteiger partial charge on any atom is 0.305 e. The highest BCUT2D eigenvalue weighted by atomic mass is 16.5. The summed E-state index contributed by atoms with van der Waals surface area (Å²) in [7, 11) is 1.52. The van der Waals surface area contributed by atoms with Crippen LogP contribution in [-0.2, 0) is 17.6 Å². The van der Waals surface area contributed by atoms with Crippen LogP contribution in [0.5, 0.6) is 11.8 Å². The first-order chi connectivity index (χ1) is 17.1. The number of pyridine rings is 3. The molecule has 0 aliphatic carbocycles. The van der Waals surface area contributed by atoms with Crippen LogP contribution in [0.25, 0.3) is 0 Å². The van der Waals surface area contributed by atoms with Crippen molar-refractivity contribution in [2.24, 2.45) is 0 Å². The van der Waals surface area contributed by atoms with Gasteiger partial charge in [0.05, 0.1) is 31.9 Å². The number of carbonyl (C=O) groups is 1. The lowest BCUT2D eigenvalue weighted by molar-refractivity contribution is -0.137. The number of carboxylic acid groups (broad SMARTS) is 1. The molecule has 0 aromatic carbocycles. The summed E-state index contributed by atoms with van der Waals surface area (Å²) in [6, 6.07) is 10.4. The van der Waals surface area contributed by atoms with Gasteiger partial charge in [0.15, 0.2) is 0 Å². The third-order valence-corrected chi connectivity index (χ3v) is 5.68. The quantitative estimate of drug-likeness (QED) is 0.306. The lowest BCUT2D eigenvalue weighted by Crippen LogP contribution is -2.17. The predicted molar refractivity (Wildman–Crippen MR) is 132 cm³/mol. The van der Waals surface area contributed by atoms with Gasteiger partial charge in [-0.1, -0.05) is 12.1 Å². The van der Waals surface area contributed by atoms with Gasteiger partial charge < -0.3 is 30.6 Å². The molecule has 0 radical (unpaired) electrons. The molecule has 0 saturated heterocycles. The Labute approximate surface area is 203 Å². The Balaban J connectivity index is 1.41. The van der Waals surface area contributed by atoms with E-state index >= 15 is 0 Å². The van der Waals surface area contributed by atoms with Crippen LogP contribution in [0.2, 0.25) is 0 Å². The highest BCUT2D eigenvalue weighted by molar-refractivity contribution is 5.83. The van der Waals surface area contributed by atoms with Crippen LogP contribution in [0.1, 0.15) is 41.4 Å². The minimum absolute atomic E-state index is 0.174. The second-order valence-electron chi connectivity index (χ2n) is 8.09. The molecule has 0 bridgehead atoms.